The zero-order valence-corrected chi connectivity index (χ0v) is 12.3. The van der Waals surface area contributed by atoms with E-state index in [1.165, 1.54) is 0 Å². The van der Waals surface area contributed by atoms with Crippen molar-refractivity contribution in [3.05, 3.63) is 11.9 Å². The molecular weight excluding hydrogens is 256 g/mol. The number of nitrogens with one attached hydrogen (secondary N) is 2. The number of aliphatic hydroxyl groups is 1. The Morgan fingerprint density at radius 1 is 1.30 bits per heavy atom. The lowest BCUT2D eigenvalue weighted by atomic mass is 9.91. The highest BCUT2D eigenvalue weighted by molar-refractivity contribution is 5.57. The van der Waals surface area contributed by atoms with Gasteiger partial charge in [-0.2, -0.15) is 0 Å². The van der Waals surface area contributed by atoms with E-state index in [0.717, 1.165) is 43.0 Å². The fourth-order valence-corrected chi connectivity index (χ4v) is 2.33. The van der Waals surface area contributed by atoms with E-state index < -0.39 is 0 Å². The number of ether oxygens (including phenoxy) is 1. The van der Waals surface area contributed by atoms with Crippen molar-refractivity contribution in [2.75, 3.05) is 37.0 Å². The molecule has 2 rings (SSSR count). The summed E-state index contributed by atoms with van der Waals surface area (Å²) in [7, 11) is 0. The average molecular weight is 280 g/mol. The van der Waals surface area contributed by atoms with Gasteiger partial charge in [-0.15, -0.1) is 0 Å². The van der Waals surface area contributed by atoms with Gasteiger partial charge in [0.15, 0.2) is 0 Å². The highest BCUT2D eigenvalue weighted by atomic mass is 16.5. The first kappa shape index (κ1) is 15.0. The minimum atomic E-state index is -0.334. The first-order chi connectivity index (χ1) is 9.71. The highest BCUT2D eigenvalue weighted by Gasteiger charge is 2.32. The third kappa shape index (κ3) is 3.37. The predicted octanol–water partition coefficient (Wildman–Crippen LogP) is 1.56. The van der Waals surface area contributed by atoms with Crippen LogP contribution in [0.15, 0.2) is 6.33 Å². The van der Waals surface area contributed by atoms with E-state index in [2.05, 4.69) is 27.5 Å². The molecule has 0 bridgehead atoms. The molecule has 1 aromatic heterocycles. The summed E-state index contributed by atoms with van der Waals surface area (Å²) in [4.78, 5) is 8.59. The van der Waals surface area contributed by atoms with Gasteiger partial charge in [0.2, 0.25) is 0 Å². The second-order valence-corrected chi connectivity index (χ2v) is 5.30. The van der Waals surface area contributed by atoms with Crippen molar-refractivity contribution in [1.29, 1.82) is 0 Å². The molecule has 6 heteroatoms. The van der Waals surface area contributed by atoms with Crippen molar-refractivity contribution < 1.29 is 9.84 Å². The zero-order valence-electron chi connectivity index (χ0n) is 12.3. The van der Waals surface area contributed by atoms with E-state index in [1.807, 2.05) is 6.92 Å². The predicted molar refractivity (Wildman–Crippen MR) is 79.0 cm³/mol. The summed E-state index contributed by atoms with van der Waals surface area (Å²) in [5.41, 5.74) is 0.652. The van der Waals surface area contributed by atoms with E-state index in [4.69, 9.17) is 4.74 Å². The SMILES string of the molecule is CCCNc1ncnc(NC2(CO)CCOCC2)c1C. The molecule has 112 valence electrons. The monoisotopic (exact) mass is 280 g/mol. The van der Waals surface area contributed by atoms with Crippen LogP contribution in [0.25, 0.3) is 0 Å². The van der Waals surface area contributed by atoms with Gasteiger partial charge >= 0.3 is 0 Å². The van der Waals surface area contributed by atoms with E-state index in [1.54, 1.807) is 6.33 Å². The van der Waals surface area contributed by atoms with Crippen molar-refractivity contribution in [2.45, 2.75) is 38.6 Å². The largest absolute Gasteiger partial charge is 0.394 e. The van der Waals surface area contributed by atoms with Gasteiger partial charge in [-0.05, 0) is 26.2 Å². The number of rotatable bonds is 6. The van der Waals surface area contributed by atoms with E-state index in [9.17, 15) is 5.11 Å². The lowest BCUT2D eigenvalue weighted by Gasteiger charge is -2.37. The topological polar surface area (TPSA) is 79.3 Å². The van der Waals surface area contributed by atoms with Crippen LogP contribution in [0.5, 0.6) is 0 Å². The Bertz CT molecular complexity index is 433. The van der Waals surface area contributed by atoms with Gasteiger partial charge < -0.3 is 20.5 Å². The summed E-state index contributed by atoms with van der Waals surface area (Å²) in [6.45, 7) is 6.40. The number of hydrogen-bond acceptors (Lipinski definition) is 6. The molecule has 0 atom stereocenters. The molecule has 0 unspecified atom stereocenters. The average Bonchev–Trinajstić information content (AvgIpc) is 2.49. The number of aliphatic hydroxyl groups excluding tert-OH is 1. The van der Waals surface area contributed by atoms with Gasteiger partial charge in [0.1, 0.15) is 18.0 Å². The van der Waals surface area contributed by atoms with E-state index in [0.29, 0.717) is 13.2 Å². The molecule has 6 nitrogen and oxygen atoms in total. The second kappa shape index (κ2) is 6.85. The Kier molecular flexibility index (Phi) is 5.14. The van der Waals surface area contributed by atoms with Crippen molar-refractivity contribution in [2.24, 2.45) is 0 Å². The number of hydrogen-bond donors (Lipinski definition) is 3. The molecule has 0 saturated carbocycles. The molecule has 1 aliphatic rings. The van der Waals surface area contributed by atoms with E-state index >= 15 is 0 Å². The molecule has 1 saturated heterocycles. The molecule has 1 aliphatic heterocycles. The molecule has 0 spiro atoms. The van der Waals surface area contributed by atoms with Crippen molar-refractivity contribution in [3.8, 4) is 0 Å². The van der Waals surface area contributed by atoms with Gasteiger partial charge in [-0.25, -0.2) is 9.97 Å². The Hall–Kier alpha value is -1.40. The molecule has 0 amide bonds. The normalized spacial score (nSPS) is 17.8. The van der Waals surface area contributed by atoms with E-state index in [-0.39, 0.29) is 12.1 Å². The van der Waals surface area contributed by atoms with Crippen LogP contribution in [0.4, 0.5) is 11.6 Å². The summed E-state index contributed by atoms with van der Waals surface area (Å²) in [5, 5.41) is 16.4. The summed E-state index contributed by atoms with van der Waals surface area (Å²) in [5.74, 6) is 1.64. The molecule has 0 radical (unpaired) electrons. The summed E-state index contributed by atoms with van der Waals surface area (Å²) >= 11 is 0. The second-order valence-electron chi connectivity index (χ2n) is 5.30. The zero-order chi connectivity index (χ0) is 14.4. The fraction of sp³-hybridized carbons (Fsp3) is 0.714. The van der Waals surface area contributed by atoms with Crippen molar-refractivity contribution >= 4 is 11.6 Å². The molecular formula is C14H24N4O2. The van der Waals surface area contributed by atoms with Crippen LogP contribution in [0.3, 0.4) is 0 Å². The third-order valence-corrected chi connectivity index (χ3v) is 3.76. The maximum atomic E-state index is 9.73. The maximum Gasteiger partial charge on any atom is 0.134 e. The number of aromatic nitrogens is 2. The van der Waals surface area contributed by atoms with Crippen molar-refractivity contribution in [3.63, 3.8) is 0 Å². The minimum Gasteiger partial charge on any atom is -0.394 e. The van der Waals surface area contributed by atoms with Crippen LogP contribution in [0.2, 0.25) is 0 Å². The minimum absolute atomic E-state index is 0.0809. The van der Waals surface area contributed by atoms with Crippen LogP contribution in [0.1, 0.15) is 31.7 Å². The lowest BCUT2D eigenvalue weighted by molar-refractivity contribution is 0.0378. The standard InChI is InChI=1S/C14H24N4O2/c1-3-6-15-12-11(2)13(17-10-16-12)18-14(9-19)4-7-20-8-5-14/h10,19H,3-9H2,1-2H3,(H2,15,16,17,18). The molecule has 2 heterocycles. The van der Waals surface area contributed by atoms with Crippen LogP contribution >= 0.6 is 0 Å². The molecule has 0 aliphatic carbocycles. The summed E-state index contributed by atoms with van der Waals surface area (Å²) in [6.07, 6.45) is 4.16. The Labute approximate surface area is 120 Å². The Balaban J connectivity index is 2.15. The van der Waals surface area contributed by atoms with Gasteiger partial charge in [0.05, 0.1) is 12.1 Å². The molecule has 3 N–H and O–H groups in total. The lowest BCUT2D eigenvalue weighted by Crippen LogP contribution is -2.47. The summed E-state index contributed by atoms with van der Waals surface area (Å²) in [6, 6.07) is 0. The molecule has 1 fully saturated rings. The number of nitrogens with zero attached hydrogens (tertiary/aromatic N) is 2. The molecule has 1 aromatic rings. The molecule has 0 aromatic carbocycles. The van der Waals surface area contributed by atoms with Crippen LogP contribution in [0, 0.1) is 6.92 Å². The van der Waals surface area contributed by atoms with Crippen molar-refractivity contribution in [1.82, 2.24) is 9.97 Å². The van der Waals surface area contributed by atoms with Gasteiger partial charge in [0, 0.05) is 25.3 Å². The van der Waals surface area contributed by atoms with Gasteiger partial charge in [-0.3, -0.25) is 0 Å². The first-order valence-electron chi connectivity index (χ1n) is 7.23. The smallest absolute Gasteiger partial charge is 0.134 e. The summed E-state index contributed by atoms with van der Waals surface area (Å²) < 4.78 is 5.38. The van der Waals surface area contributed by atoms with Crippen LogP contribution < -0.4 is 10.6 Å². The third-order valence-electron chi connectivity index (χ3n) is 3.76. The fourth-order valence-electron chi connectivity index (χ4n) is 2.33. The molecule has 20 heavy (non-hydrogen) atoms. The van der Waals surface area contributed by atoms with Gasteiger partial charge in [0.25, 0.3) is 0 Å². The highest BCUT2D eigenvalue weighted by Crippen LogP contribution is 2.27. The Morgan fingerprint density at radius 3 is 2.65 bits per heavy atom. The van der Waals surface area contributed by atoms with Crippen LogP contribution in [-0.2, 0) is 4.74 Å². The van der Waals surface area contributed by atoms with Crippen LogP contribution in [-0.4, -0.2) is 47.0 Å². The quantitative estimate of drug-likeness (QED) is 0.734. The maximum absolute atomic E-state index is 9.73. The first-order valence-corrected chi connectivity index (χ1v) is 7.23. The van der Waals surface area contributed by atoms with Gasteiger partial charge in [-0.1, -0.05) is 6.92 Å². The number of anilines is 2. The Morgan fingerprint density at radius 2 is 2.00 bits per heavy atom.